The zero-order valence-corrected chi connectivity index (χ0v) is 12.3. The summed E-state index contributed by atoms with van der Waals surface area (Å²) >= 11 is 0. The molecule has 112 valence electrons. The number of nitriles is 1. The molecule has 4 N–H and O–H groups in total. The molecule has 0 unspecified atom stereocenters. The Balaban J connectivity index is 4.84. The number of amides is 3. The number of primary amides is 1. The van der Waals surface area contributed by atoms with Gasteiger partial charge in [0.05, 0.1) is 6.07 Å². The van der Waals surface area contributed by atoms with Crippen LogP contribution in [0.25, 0.3) is 0 Å². The van der Waals surface area contributed by atoms with Crippen LogP contribution in [0.2, 0.25) is 0 Å². The summed E-state index contributed by atoms with van der Waals surface area (Å²) in [4.78, 5) is 34.5. The molecule has 3 atom stereocenters. The molecule has 0 aromatic heterocycles. The van der Waals surface area contributed by atoms with Crippen LogP contribution in [0.4, 0.5) is 0 Å². The summed E-state index contributed by atoms with van der Waals surface area (Å²) in [5, 5.41) is 13.8. The summed E-state index contributed by atoms with van der Waals surface area (Å²) in [6, 6.07) is 0.311. The number of nitrogens with one attached hydrogen (secondary N) is 2. The van der Waals surface area contributed by atoms with Gasteiger partial charge in [-0.3, -0.25) is 14.4 Å². The predicted octanol–water partition coefficient (Wildman–Crippen LogP) is -0.333. The minimum Gasteiger partial charge on any atom is -0.368 e. The molecular formula is C13H22N4O3. The van der Waals surface area contributed by atoms with Crippen molar-refractivity contribution in [2.45, 2.75) is 46.2 Å². The second-order valence-corrected chi connectivity index (χ2v) is 5.15. The topological polar surface area (TPSA) is 125 Å². The molecule has 7 nitrogen and oxygen atoms in total. The molecule has 0 spiro atoms. The van der Waals surface area contributed by atoms with Crippen LogP contribution in [-0.2, 0) is 14.4 Å². The van der Waals surface area contributed by atoms with Crippen LogP contribution >= 0.6 is 0 Å². The van der Waals surface area contributed by atoms with Crippen molar-refractivity contribution in [3.63, 3.8) is 0 Å². The highest BCUT2D eigenvalue weighted by Crippen LogP contribution is 2.07. The fraction of sp³-hybridized carbons (Fsp3) is 0.692. The van der Waals surface area contributed by atoms with E-state index in [9.17, 15) is 14.4 Å². The van der Waals surface area contributed by atoms with Crippen molar-refractivity contribution in [2.24, 2.45) is 17.6 Å². The van der Waals surface area contributed by atoms with Crippen molar-refractivity contribution in [3.8, 4) is 6.07 Å². The Bertz CT molecular complexity index is 414. The van der Waals surface area contributed by atoms with Gasteiger partial charge in [0, 0.05) is 12.8 Å². The van der Waals surface area contributed by atoms with Crippen LogP contribution in [-0.4, -0.2) is 29.8 Å². The Morgan fingerprint density at radius 2 is 1.75 bits per heavy atom. The quantitative estimate of drug-likeness (QED) is 0.591. The summed E-state index contributed by atoms with van der Waals surface area (Å²) in [5.41, 5.74) is 5.22. The van der Waals surface area contributed by atoms with Gasteiger partial charge in [-0.2, -0.15) is 5.26 Å². The van der Waals surface area contributed by atoms with E-state index in [1.54, 1.807) is 20.8 Å². The van der Waals surface area contributed by atoms with Crippen molar-refractivity contribution in [1.29, 1.82) is 5.26 Å². The number of nitrogens with zero attached hydrogens (tertiary/aromatic N) is 1. The van der Waals surface area contributed by atoms with Crippen LogP contribution in [0.15, 0.2) is 0 Å². The van der Waals surface area contributed by atoms with Crippen molar-refractivity contribution in [1.82, 2.24) is 10.6 Å². The van der Waals surface area contributed by atoms with Crippen LogP contribution in [0, 0.1) is 23.2 Å². The van der Waals surface area contributed by atoms with E-state index in [-0.39, 0.29) is 18.2 Å². The summed E-state index contributed by atoms with van der Waals surface area (Å²) in [6.45, 7) is 6.50. The van der Waals surface area contributed by atoms with Crippen molar-refractivity contribution in [3.05, 3.63) is 0 Å². The molecule has 7 heteroatoms. The summed E-state index contributed by atoms with van der Waals surface area (Å²) in [6.07, 6.45) is 0.141. The average molecular weight is 282 g/mol. The Labute approximate surface area is 118 Å². The van der Waals surface area contributed by atoms with Gasteiger partial charge < -0.3 is 16.4 Å². The van der Waals surface area contributed by atoms with E-state index in [2.05, 4.69) is 10.6 Å². The standard InChI is InChI=1S/C13H22N4O3/c1-7(2)11(16-9(4)18)13(20)17-10(12(15)19)5-8(3)6-14/h7-8,10-11H,5H2,1-4H3,(H2,15,19)(H,16,18)(H,17,20)/t8-,10+,11+/m0/s1. The number of hydrogen-bond donors (Lipinski definition) is 3. The first-order valence-corrected chi connectivity index (χ1v) is 6.45. The van der Waals surface area contributed by atoms with E-state index >= 15 is 0 Å². The molecule has 0 rings (SSSR count). The van der Waals surface area contributed by atoms with Crippen molar-refractivity contribution < 1.29 is 14.4 Å². The molecular weight excluding hydrogens is 260 g/mol. The predicted molar refractivity (Wildman–Crippen MR) is 73.0 cm³/mol. The number of rotatable bonds is 7. The maximum absolute atomic E-state index is 12.1. The third-order valence-electron chi connectivity index (χ3n) is 2.78. The number of carbonyl (C=O) groups is 3. The van der Waals surface area contributed by atoms with E-state index in [1.807, 2.05) is 6.07 Å². The van der Waals surface area contributed by atoms with Crippen LogP contribution in [0.5, 0.6) is 0 Å². The fourth-order valence-corrected chi connectivity index (χ4v) is 1.67. The average Bonchev–Trinajstić information content (AvgIpc) is 2.33. The molecule has 3 amide bonds. The molecule has 0 heterocycles. The van der Waals surface area contributed by atoms with Gasteiger partial charge in [-0.1, -0.05) is 13.8 Å². The zero-order chi connectivity index (χ0) is 15.9. The minimum absolute atomic E-state index is 0.138. The molecule has 0 radical (unpaired) electrons. The van der Waals surface area contributed by atoms with Gasteiger partial charge in [0.25, 0.3) is 0 Å². The number of hydrogen-bond acceptors (Lipinski definition) is 4. The maximum Gasteiger partial charge on any atom is 0.243 e. The highest BCUT2D eigenvalue weighted by Gasteiger charge is 2.27. The Kier molecular flexibility index (Phi) is 7.29. The molecule has 0 fully saturated rings. The second-order valence-electron chi connectivity index (χ2n) is 5.15. The van der Waals surface area contributed by atoms with Crippen LogP contribution in [0.1, 0.15) is 34.1 Å². The molecule has 0 aromatic carbocycles. The van der Waals surface area contributed by atoms with E-state index in [4.69, 9.17) is 11.0 Å². The Morgan fingerprint density at radius 3 is 2.10 bits per heavy atom. The van der Waals surface area contributed by atoms with Crippen LogP contribution < -0.4 is 16.4 Å². The SMILES string of the molecule is CC(=O)N[C@@H](C(=O)N[C@H](C[C@H](C)C#N)C(N)=O)C(C)C. The van der Waals surface area contributed by atoms with Gasteiger partial charge in [-0.05, 0) is 19.3 Å². The zero-order valence-electron chi connectivity index (χ0n) is 12.3. The fourth-order valence-electron chi connectivity index (χ4n) is 1.67. The van der Waals surface area contributed by atoms with Gasteiger partial charge in [-0.25, -0.2) is 0 Å². The lowest BCUT2D eigenvalue weighted by atomic mass is 10.00. The van der Waals surface area contributed by atoms with Crippen LogP contribution in [0.3, 0.4) is 0 Å². The lowest BCUT2D eigenvalue weighted by molar-refractivity contribution is -0.132. The van der Waals surface area contributed by atoms with Gasteiger partial charge in [0.2, 0.25) is 17.7 Å². The Morgan fingerprint density at radius 1 is 1.20 bits per heavy atom. The van der Waals surface area contributed by atoms with E-state index < -0.39 is 29.8 Å². The molecule has 0 saturated heterocycles. The third-order valence-corrected chi connectivity index (χ3v) is 2.78. The molecule has 20 heavy (non-hydrogen) atoms. The first-order chi connectivity index (χ1) is 9.18. The highest BCUT2D eigenvalue weighted by atomic mass is 16.2. The van der Waals surface area contributed by atoms with E-state index in [1.165, 1.54) is 6.92 Å². The highest BCUT2D eigenvalue weighted by molar-refractivity contribution is 5.91. The second kappa shape index (κ2) is 8.15. The van der Waals surface area contributed by atoms with Gasteiger partial charge in [0.1, 0.15) is 12.1 Å². The summed E-state index contributed by atoms with van der Waals surface area (Å²) in [5.74, 6) is -2.07. The summed E-state index contributed by atoms with van der Waals surface area (Å²) in [7, 11) is 0. The molecule has 0 aliphatic rings. The van der Waals surface area contributed by atoms with E-state index in [0.29, 0.717) is 0 Å². The normalized spacial score (nSPS) is 14.8. The first kappa shape index (κ1) is 17.9. The molecule has 0 bridgehead atoms. The maximum atomic E-state index is 12.1. The van der Waals surface area contributed by atoms with E-state index in [0.717, 1.165) is 0 Å². The van der Waals surface area contributed by atoms with Crippen molar-refractivity contribution >= 4 is 17.7 Å². The Hall–Kier alpha value is -2.10. The smallest absolute Gasteiger partial charge is 0.243 e. The first-order valence-electron chi connectivity index (χ1n) is 6.45. The van der Waals surface area contributed by atoms with Crippen molar-refractivity contribution in [2.75, 3.05) is 0 Å². The van der Waals surface area contributed by atoms with Gasteiger partial charge >= 0.3 is 0 Å². The summed E-state index contributed by atoms with van der Waals surface area (Å²) < 4.78 is 0. The number of carbonyl (C=O) groups excluding carboxylic acids is 3. The molecule has 0 saturated carbocycles. The van der Waals surface area contributed by atoms with Gasteiger partial charge in [-0.15, -0.1) is 0 Å². The van der Waals surface area contributed by atoms with Gasteiger partial charge in [0.15, 0.2) is 0 Å². The largest absolute Gasteiger partial charge is 0.368 e. The number of nitrogens with two attached hydrogens (primary N) is 1. The monoisotopic (exact) mass is 282 g/mol. The lowest BCUT2D eigenvalue weighted by Gasteiger charge is -2.24. The molecule has 0 aliphatic heterocycles. The third kappa shape index (κ3) is 6.18. The minimum atomic E-state index is -0.924. The molecule has 0 aliphatic carbocycles. The lowest BCUT2D eigenvalue weighted by Crippen LogP contribution is -2.54. The molecule has 0 aromatic rings.